The fourth-order valence-corrected chi connectivity index (χ4v) is 3.48. The lowest BCUT2D eigenvalue weighted by Crippen LogP contribution is -2.56. The highest BCUT2D eigenvalue weighted by Crippen LogP contribution is 2.42. The van der Waals surface area contributed by atoms with Gasteiger partial charge in [-0.05, 0) is 44.1 Å². The molecule has 0 aromatic heterocycles. The zero-order valence-corrected chi connectivity index (χ0v) is 10.6. The number of likely N-dealkylation sites (tertiary alicyclic amines) is 1. The van der Waals surface area contributed by atoms with Crippen LogP contribution in [-0.2, 0) is 0 Å². The van der Waals surface area contributed by atoms with E-state index in [9.17, 15) is 0 Å². The average Bonchev–Trinajstić information content (AvgIpc) is 2.48. The number of aliphatic hydroxyl groups excluding tert-OH is 1. The molecule has 1 N–H and O–H groups in total. The van der Waals surface area contributed by atoms with Crippen molar-refractivity contribution >= 4 is 0 Å². The molecule has 0 amide bonds. The first-order valence-corrected chi connectivity index (χ1v) is 7.18. The molecule has 2 fully saturated rings. The molecule has 0 bridgehead atoms. The monoisotopic (exact) mass is 225 g/mol. The van der Waals surface area contributed by atoms with Crippen molar-refractivity contribution in [3.8, 4) is 0 Å². The summed E-state index contributed by atoms with van der Waals surface area (Å²) in [6.07, 6.45) is 12.3. The molecule has 0 unspecified atom stereocenters. The smallest absolute Gasteiger partial charge is 0.0431 e. The van der Waals surface area contributed by atoms with Gasteiger partial charge in [-0.1, -0.05) is 25.7 Å². The Labute approximate surface area is 100 Å². The summed E-state index contributed by atoms with van der Waals surface area (Å²) in [5.74, 6) is 0. The third kappa shape index (κ3) is 3.21. The Balaban J connectivity index is 1.60. The lowest BCUT2D eigenvalue weighted by atomic mass is 9.73. The molecular formula is C14H27NO. The molecule has 2 aliphatic rings. The van der Waals surface area contributed by atoms with Crippen molar-refractivity contribution in [1.82, 2.24) is 4.90 Å². The highest BCUT2D eigenvalue weighted by molar-refractivity contribution is 4.95. The van der Waals surface area contributed by atoms with Crippen LogP contribution in [0.1, 0.15) is 57.8 Å². The van der Waals surface area contributed by atoms with E-state index in [2.05, 4.69) is 4.90 Å². The molecule has 1 aliphatic heterocycles. The van der Waals surface area contributed by atoms with Gasteiger partial charge in [-0.25, -0.2) is 0 Å². The van der Waals surface area contributed by atoms with Crippen LogP contribution in [0.4, 0.5) is 0 Å². The molecule has 0 atom stereocenters. The predicted octanol–water partition coefficient (Wildman–Crippen LogP) is 2.81. The van der Waals surface area contributed by atoms with Crippen LogP contribution in [0.25, 0.3) is 0 Å². The molecule has 94 valence electrons. The normalized spacial score (nSPS) is 25.3. The van der Waals surface area contributed by atoms with Gasteiger partial charge in [0.15, 0.2) is 0 Å². The van der Waals surface area contributed by atoms with Crippen LogP contribution in [0, 0.1) is 5.41 Å². The molecule has 0 radical (unpaired) electrons. The number of rotatable bonds is 5. The van der Waals surface area contributed by atoms with E-state index in [1.807, 2.05) is 0 Å². The first kappa shape index (κ1) is 12.4. The molecule has 0 aromatic rings. The molecule has 1 saturated carbocycles. The summed E-state index contributed by atoms with van der Waals surface area (Å²) < 4.78 is 0. The largest absolute Gasteiger partial charge is 0.396 e. The summed E-state index contributed by atoms with van der Waals surface area (Å²) in [7, 11) is 0. The Morgan fingerprint density at radius 3 is 2.19 bits per heavy atom. The van der Waals surface area contributed by atoms with E-state index in [4.69, 9.17) is 5.11 Å². The van der Waals surface area contributed by atoms with Crippen molar-refractivity contribution in [3.63, 3.8) is 0 Å². The van der Waals surface area contributed by atoms with Gasteiger partial charge in [-0.15, -0.1) is 0 Å². The number of nitrogens with zero attached hydrogens (tertiary/aromatic N) is 1. The highest BCUT2D eigenvalue weighted by Gasteiger charge is 2.41. The van der Waals surface area contributed by atoms with Crippen molar-refractivity contribution in [2.24, 2.45) is 5.41 Å². The van der Waals surface area contributed by atoms with E-state index in [1.54, 1.807) is 0 Å². The summed E-state index contributed by atoms with van der Waals surface area (Å²) >= 11 is 0. The molecule has 1 aliphatic carbocycles. The number of aliphatic hydroxyl groups is 1. The lowest BCUT2D eigenvalue weighted by Gasteiger charge is -2.50. The quantitative estimate of drug-likeness (QED) is 0.727. The third-order valence-electron chi connectivity index (χ3n) is 4.41. The number of unbranched alkanes of at least 4 members (excludes halogenated alkanes) is 2. The first-order valence-electron chi connectivity index (χ1n) is 7.18. The van der Waals surface area contributed by atoms with Crippen molar-refractivity contribution in [1.29, 1.82) is 0 Å². The van der Waals surface area contributed by atoms with E-state index in [0.717, 1.165) is 11.8 Å². The van der Waals surface area contributed by atoms with Crippen molar-refractivity contribution < 1.29 is 5.11 Å². The molecule has 16 heavy (non-hydrogen) atoms. The average molecular weight is 225 g/mol. The maximum Gasteiger partial charge on any atom is 0.0431 e. The topological polar surface area (TPSA) is 23.5 Å². The number of hydrogen-bond donors (Lipinski definition) is 1. The molecule has 1 heterocycles. The maximum absolute atomic E-state index is 8.72. The molecule has 1 spiro atoms. The van der Waals surface area contributed by atoms with Crippen LogP contribution >= 0.6 is 0 Å². The van der Waals surface area contributed by atoms with Crippen molar-refractivity contribution in [3.05, 3.63) is 0 Å². The Morgan fingerprint density at radius 1 is 0.875 bits per heavy atom. The zero-order valence-electron chi connectivity index (χ0n) is 10.6. The molecule has 2 heteroatoms. The van der Waals surface area contributed by atoms with Crippen LogP contribution in [0.2, 0.25) is 0 Å². The Bertz CT molecular complexity index is 189. The number of hydrogen-bond acceptors (Lipinski definition) is 2. The second-order valence-electron chi connectivity index (χ2n) is 5.91. The van der Waals surface area contributed by atoms with E-state index in [0.29, 0.717) is 6.61 Å². The Kier molecular flexibility index (Phi) is 4.66. The van der Waals surface area contributed by atoms with Crippen LogP contribution < -0.4 is 0 Å². The summed E-state index contributed by atoms with van der Waals surface area (Å²) in [4.78, 5) is 2.63. The minimum Gasteiger partial charge on any atom is -0.396 e. The van der Waals surface area contributed by atoms with Gasteiger partial charge in [0.05, 0.1) is 0 Å². The SMILES string of the molecule is OCCCCCN1CC2(CCCCCC2)C1. The van der Waals surface area contributed by atoms with E-state index in [-0.39, 0.29) is 0 Å². The van der Waals surface area contributed by atoms with Gasteiger partial charge >= 0.3 is 0 Å². The minimum absolute atomic E-state index is 0.365. The fraction of sp³-hybridized carbons (Fsp3) is 1.00. The van der Waals surface area contributed by atoms with E-state index in [1.165, 1.54) is 71.0 Å². The third-order valence-corrected chi connectivity index (χ3v) is 4.41. The van der Waals surface area contributed by atoms with Gasteiger partial charge in [-0.2, -0.15) is 0 Å². The maximum atomic E-state index is 8.72. The standard InChI is InChI=1S/C14H27NO/c16-11-7-3-6-10-15-12-14(13-15)8-4-1-2-5-9-14/h16H,1-13H2. The van der Waals surface area contributed by atoms with Crippen LogP contribution in [0.3, 0.4) is 0 Å². The molecule has 0 aromatic carbocycles. The zero-order chi connectivity index (χ0) is 11.3. The summed E-state index contributed by atoms with van der Waals surface area (Å²) in [5.41, 5.74) is 0.730. The first-order chi connectivity index (χ1) is 7.85. The summed E-state index contributed by atoms with van der Waals surface area (Å²) in [6, 6.07) is 0. The van der Waals surface area contributed by atoms with E-state index < -0.39 is 0 Å². The van der Waals surface area contributed by atoms with Gasteiger partial charge in [0, 0.05) is 19.7 Å². The minimum atomic E-state index is 0.365. The molecular weight excluding hydrogens is 198 g/mol. The van der Waals surface area contributed by atoms with E-state index >= 15 is 0 Å². The van der Waals surface area contributed by atoms with Crippen LogP contribution in [0.5, 0.6) is 0 Å². The fourth-order valence-electron chi connectivity index (χ4n) is 3.48. The van der Waals surface area contributed by atoms with Crippen LogP contribution in [-0.4, -0.2) is 36.2 Å². The lowest BCUT2D eigenvalue weighted by molar-refractivity contribution is -0.0125. The summed E-state index contributed by atoms with van der Waals surface area (Å²) in [5, 5.41) is 8.72. The second kappa shape index (κ2) is 6.02. The summed E-state index contributed by atoms with van der Waals surface area (Å²) in [6.45, 7) is 4.37. The van der Waals surface area contributed by atoms with Crippen LogP contribution in [0.15, 0.2) is 0 Å². The Morgan fingerprint density at radius 2 is 1.56 bits per heavy atom. The van der Waals surface area contributed by atoms with Gasteiger partial charge in [0.1, 0.15) is 0 Å². The Hall–Kier alpha value is -0.0800. The second-order valence-corrected chi connectivity index (χ2v) is 5.91. The molecule has 1 saturated heterocycles. The van der Waals surface area contributed by atoms with Crippen molar-refractivity contribution in [2.75, 3.05) is 26.2 Å². The predicted molar refractivity (Wildman–Crippen MR) is 67.5 cm³/mol. The highest BCUT2D eigenvalue weighted by atomic mass is 16.2. The molecule has 2 rings (SSSR count). The van der Waals surface area contributed by atoms with Crippen molar-refractivity contribution in [2.45, 2.75) is 57.8 Å². The van der Waals surface area contributed by atoms with Gasteiger partial charge in [0.25, 0.3) is 0 Å². The van der Waals surface area contributed by atoms with Gasteiger partial charge < -0.3 is 10.0 Å². The molecule has 2 nitrogen and oxygen atoms in total. The van der Waals surface area contributed by atoms with Gasteiger partial charge in [0.2, 0.25) is 0 Å². The van der Waals surface area contributed by atoms with Gasteiger partial charge in [-0.3, -0.25) is 0 Å².